The van der Waals surface area contributed by atoms with Crippen LogP contribution in [0.4, 0.5) is 5.95 Å². The van der Waals surface area contributed by atoms with Gasteiger partial charge in [-0.3, -0.25) is 4.68 Å². The van der Waals surface area contributed by atoms with Crippen molar-refractivity contribution in [3.05, 3.63) is 78.5 Å². The fraction of sp³-hybridized carbons (Fsp3) is 0.259. The molecular formula is C27H28N8O. The Kier molecular flexibility index (Phi) is 5.50. The van der Waals surface area contributed by atoms with Crippen LogP contribution in [0, 0.1) is 0 Å². The second-order valence-electron chi connectivity index (χ2n) is 9.45. The third-order valence-electron chi connectivity index (χ3n) is 7.00. The lowest BCUT2D eigenvalue weighted by atomic mass is 9.91. The minimum atomic E-state index is -1.33. The predicted octanol–water partition coefficient (Wildman–Crippen LogP) is 3.65. The lowest BCUT2D eigenvalue weighted by molar-refractivity contribution is 0.0975. The van der Waals surface area contributed by atoms with Crippen molar-refractivity contribution >= 4 is 17.0 Å². The molecular weight excluding hydrogens is 452 g/mol. The van der Waals surface area contributed by atoms with Crippen LogP contribution in [0.1, 0.15) is 37.1 Å². The van der Waals surface area contributed by atoms with Gasteiger partial charge in [0.1, 0.15) is 11.2 Å². The van der Waals surface area contributed by atoms with Crippen LogP contribution < -0.4 is 11.1 Å². The summed E-state index contributed by atoms with van der Waals surface area (Å²) in [5.41, 5.74) is 10.1. The van der Waals surface area contributed by atoms with Crippen LogP contribution >= 0.6 is 0 Å². The summed E-state index contributed by atoms with van der Waals surface area (Å²) in [7, 11) is 0. The van der Waals surface area contributed by atoms with Crippen molar-refractivity contribution < 1.29 is 5.11 Å². The minimum absolute atomic E-state index is 0.0976. The van der Waals surface area contributed by atoms with Crippen LogP contribution in [0.2, 0.25) is 0 Å². The van der Waals surface area contributed by atoms with Gasteiger partial charge in [0.25, 0.3) is 0 Å². The van der Waals surface area contributed by atoms with Gasteiger partial charge in [0.2, 0.25) is 5.95 Å². The standard InChI is InChI=1S/C27H28N8O/c1-27(36,19-5-3-2-4-6-19)24-12-23(33-26(28)34-24)22-15-31-25-21(22)11-17(13-30-25)18-14-32-35(16-18)20-7-9-29-10-8-20/h2-6,11-16,20,29,36H,7-10H2,1H3,(H,30,31)(H2,28,33,34). The number of hydrogen-bond acceptors (Lipinski definition) is 7. The zero-order chi connectivity index (χ0) is 24.7. The molecule has 0 spiro atoms. The maximum Gasteiger partial charge on any atom is 0.220 e. The van der Waals surface area contributed by atoms with E-state index in [9.17, 15) is 5.11 Å². The Bertz CT molecular complexity index is 1520. The third kappa shape index (κ3) is 4.02. The van der Waals surface area contributed by atoms with Gasteiger partial charge in [0.15, 0.2) is 0 Å². The number of hydrogen-bond donors (Lipinski definition) is 4. The maximum absolute atomic E-state index is 11.3. The quantitative estimate of drug-likeness (QED) is 0.302. The van der Waals surface area contributed by atoms with Crippen molar-refractivity contribution in [1.29, 1.82) is 0 Å². The molecule has 6 rings (SSSR count). The highest BCUT2D eigenvalue weighted by Crippen LogP contribution is 2.34. The lowest BCUT2D eigenvalue weighted by Gasteiger charge is -2.24. The van der Waals surface area contributed by atoms with E-state index >= 15 is 0 Å². The molecule has 5 heterocycles. The van der Waals surface area contributed by atoms with Crippen LogP contribution in [-0.4, -0.2) is 47.9 Å². The molecule has 5 aromatic rings. The Balaban J connectivity index is 1.38. The molecule has 0 amide bonds. The Morgan fingerprint density at radius 1 is 1.06 bits per heavy atom. The second-order valence-corrected chi connectivity index (χ2v) is 9.45. The molecule has 1 aromatic carbocycles. The molecule has 9 nitrogen and oxygen atoms in total. The molecule has 5 N–H and O–H groups in total. The molecule has 0 aliphatic carbocycles. The molecule has 0 bridgehead atoms. The first kappa shape index (κ1) is 22.4. The van der Waals surface area contributed by atoms with Crippen LogP contribution in [0.5, 0.6) is 0 Å². The number of piperidine rings is 1. The zero-order valence-electron chi connectivity index (χ0n) is 20.0. The van der Waals surface area contributed by atoms with E-state index in [-0.39, 0.29) is 5.95 Å². The largest absolute Gasteiger partial charge is 0.379 e. The highest BCUT2D eigenvalue weighted by atomic mass is 16.3. The number of nitrogens with zero attached hydrogens (tertiary/aromatic N) is 5. The Morgan fingerprint density at radius 2 is 1.86 bits per heavy atom. The number of benzene rings is 1. The van der Waals surface area contributed by atoms with Crippen LogP contribution in [0.25, 0.3) is 33.4 Å². The number of nitrogens with two attached hydrogens (primary N) is 1. The molecule has 182 valence electrons. The molecule has 1 saturated heterocycles. The van der Waals surface area contributed by atoms with Crippen LogP contribution in [0.15, 0.2) is 67.3 Å². The fourth-order valence-electron chi connectivity index (χ4n) is 4.89. The normalized spacial score (nSPS) is 16.3. The van der Waals surface area contributed by atoms with Crippen molar-refractivity contribution in [1.82, 2.24) is 35.0 Å². The highest BCUT2D eigenvalue weighted by molar-refractivity contribution is 5.95. The topological polar surface area (TPSA) is 131 Å². The van der Waals surface area contributed by atoms with Crippen LogP contribution in [-0.2, 0) is 5.60 Å². The van der Waals surface area contributed by atoms with E-state index in [1.54, 1.807) is 13.0 Å². The minimum Gasteiger partial charge on any atom is -0.379 e. The average Bonchev–Trinajstić information content (AvgIpc) is 3.57. The maximum atomic E-state index is 11.3. The first-order chi connectivity index (χ1) is 17.5. The van der Waals surface area contributed by atoms with E-state index < -0.39 is 5.60 Å². The van der Waals surface area contributed by atoms with Crippen molar-refractivity contribution in [2.24, 2.45) is 0 Å². The summed E-state index contributed by atoms with van der Waals surface area (Å²) < 4.78 is 2.07. The van der Waals surface area contributed by atoms with E-state index in [0.717, 1.165) is 59.2 Å². The van der Waals surface area contributed by atoms with Gasteiger partial charge in [-0.15, -0.1) is 0 Å². The van der Waals surface area contributed by atoms with Crippen molar-refractivity contribution in [3.8, 4) is 22.4 Å². The number of rotatable bonds is 5. The van der Waals surface area contributed by atoms with Gasteiger partial charge in [-0.05, 0) is 50.6 Å². The lowest BCUT2D eigenvalue weighted by Crippen LogP contribution is -2.29. The molecule has 0 radical (unpaired) electrons. The van der Waals surface area contributed by atoms with Gasteiger partial charge in [0.05, 0.1) is 23.6 Å². The molecule has 1 aliphatic heterocycles. The number of aliphatic hydroxyl groups is 1. The molecule has 4 aromatic heterocycles. The number of fused-ring (bicyclic) bond motifs is 1. The first-order valence-electron chi connectivity index (χ1n) is 12.1. The van der Waals surface area contributed by atoms with E-state index in [0.29, 0.717) is 17.4 Å². The molecule has 1 fully saturated rings. The SMILES string of the molecule is CC(O)(c1ccccc1)c1cc(-c2c[nH]c3ncc(-c4cnn(C5CCNCC5)c4)cc23)nc(N)n1. The first-order valence-corrected chi connectivity index (χ1v) is 12.1. The summed E-state index contributed by atoms with van der Waals surface area (Å²) in [6.45, 7) is 3.74. The number of nitrogens with one attached hydrogen (secondary N) is 2. The predicted molar refractivity (Wildman–Crippen MR) is 139 cm³/mol. The van der Waals surface area contributed by atoms with E-state index in [1.165, 1.54) is 0 Å². The molecule has 9 heteroatoms. The fourth-order valence-corrected chi connectivity index (χ4v) is 4.89. The average molecular weight is 481 g/mol. The van der Waals surface area contributed by atoms with Gasteiger partial charge in [-0.2, -0.15) is 5.10 Å². The third-order valence-corrected chi connectivity index (χ3v) is 7.00. The van der Waals surface area contributed by atoms with Gasteiger partial charge in [-0.1, -0.05) is 30.3 Å². The summed E-state index contributed by atoms with van der Waals surface area (Å²) in [4.78, 5) is 16.7. The van der Waals surface area contributed by atoms with Gasteiger partial charge < -0.3 is 21.1 Å². The van der Waals surface area contributed by atoms with Gasteiger partial charge >= 0.3 is 0 Å². The Labute approximate surface area is 208 Å². The van der Waals surface area contributed by atoms with Crippen molar-refractivity contribution in [3.63, 3.8) is 0 Å². The Morgan fingerprint density at radius 3 is 2.67 bits per heavy atom. The monoisotopic (exact) mass is 480 g/mol. The van der Waals surface area contributed by atoms with Crippen molar-refractivity contribution in [2.45, 2.75) is 31.4 Å². The van der Waals surface area contributed by atoms with Gasteiger partial charge in [0, 0.05) is 40.7 Å². The van der Waals surface area contributed by atoms with E-state index in [2.05, 4.69) is 47.3 Å². The number of aromatic amines is 1. The summed E-state index contributed by atoms with van der Waals surface area (Å²) >= 11 is 0. The number of pyridine rings is 1. The van der Waals surface area contributed by atoms with Crippen molar-refractivity contribution in [2.75, 3.05) is 18.8 Å². The van der Waals surface area contributed by atoms with E-state index in [1.807, 2.05) is 48.9 Å². The molecule has 1 aliphatic rings. The van der Waals surface area contributed by atoms with E-state index in [4.69, 9.17) is 5.73 Å². The summed E-state index contributed by atoms with van der Waals surface area (Å²) in [6.07, 6.45) is 9.86. The summed E-state index contributed by atoms with van der Waals surface area (Å²) in [5, 5.41) is 20.3. The summed E-state index contributed by atoms with van der Waals surface area (Å²) in [5.74, 6) is 0.0976. The highest BCUT2D eigenvalue weighted by Gasteiger charge is 2.29. The smallest absolute Gasteiger partial charge is 0.220 e. The number of H-pyrrole nitrogens is 1. The molecule has 1 unspecified atom stereocenters. The molecule has 0 saturated carbocycles. The number of aromatic nitrogens is 6. The molecule has 1 atom stereocenters. The Hall–Kier alpha value is -4.08. The number of anilines is 1. The second kappa shape index (κ2) is 8.85. The molecule has 36 heavy (non-hydrogen) atoms. The zero-order valence-corrected chi connectivity index (χ0v) is 20.0. The van der Waals surface area contributed by atoms with Crippen LogP contribution in [0.3, 0.4) is 0 Å². The van der Waals surface area contributed by atoms with Gasteiger partial charge in [-0.25, -0.2) is 15.0 Å². The summed E-state index contributed by atoms with van der Waals surface area (Å²) in [6, 6.07) is 13.7. The number of nitrogen functional groups attached to an aromatic ring is 1.